The number of benzene rings is 2. The molecule has 0 spiro atoms. The first-order chi connectivity index (χ1) is 12.8. The van der Waals surface area contributed by atoms with Crippen LogP contribution in [0.3, 0.4) is 0 Å². The first-order valence-corrected chi connectivity index (χ1v) is 11.0. The zero-order chi connectivity index (χ0) is 19.7. The van der Waals surface area contributed by atoms with Crippen molar-refractivity contribution in [1.29, 1.82) is 0 Å². The predicted molar refractivity (Wildman–Crippen MR) is 102 cm³/mol. The van der Waals surface area contributed by atoms with Crippen LogP contribution in [0.25, 0.3) is 0 Å². The molecule has 0 saturated carbocycles. The maximum absolute atomic E-state index is 13.9. The average molecular weight is 393 g/mol. The summed E-state index contributed by atoms with van der Waals surface area (Å²) in [5.41, 5.74) is 0.478. The topological polar surface area (TPSA) is 46.2 Å². The summed E-state index contributed by atoms with van der Waals surface area (Å²) in [6.45, 7) is 4.03. The molecule has 3 rings (SSSR count). The van der Waals surface area contributed by atoms with Gasteiger partial charge in [0.2, 0.25) is 0 Å². The van der Waals surface area contributed by atoms with E-state index in [0.29, 0.717) is 24.0 Å². The predicted octanol–water partition coefficient (Wildman–Crippen LogP) is 4.77. The summed E-state index contributed by atoms with van der Waals surface area (Å²) in [4.78, 5) is 0.263. The highest BCUT2D eigenvalue weighted by Crippen LogP contribution is 2.38. The van der Waals surface area contributed by atoms with Crippen molar-refractivity contribution in [3.05, 3.63) is 65.2 Å². The molecular formula is C21H25F2NO2S. The molecule has 2 aromatic carbocycles. The molecule has 1 heterocycles. The van der Waals surface area contributed by atoms with Crippen molar-refractivity contribution in [3.8, 4) is 0 Å². The van der Waals surface area contributed by atoms with E-state index in [9.17, 15) is 17.2 Å². The molecule has 0 fully saturated rings. The van der Waals surface area contributed by atoms with Gasteiger partial charge in [0.05, 0.1) is 16.7 Å². The van der Waals surface area contributed by atoms with Crippen LogP contribution in [0, 0.1) is 11.6 Å². The van der Waals surface area contributed by atoms with E-state index in [-0.39, 0.29) is 10.6 Å². The van der Waals surface area contributed by atoms with E-state index in [4.69, 9.17) is 0 Å². The summed E-state index contributed by atoms with van der Waals surface area (Å²) in [6, 6.07) is 10.1. The number of hydrogen-bond acceptors (Lipinski definition) is 3. The third-order valence-corrected chi connectivity index (χ3v) is 7.42. The zero-order valence-electron chi connectivity index (χ0n) is 15.6. The highest BCUT2D eigenvalue weighted by molar-refractivity contribution is 7.91. The molecule has 0 saturated heterocycles. The molecular weight excluding hydrogens is 368 g/mol. The van der Waals surface area contributed by atoms with Crippen LogP contribution in [0.15, 0.2) is 47.4 Å². The number of unbranched alkanes of at least 4 members (excludes halogenated alkanes) is 1. The van der Waals surface area contributed by atoms with Crippen LogP contribution >= 0.6 is 0 Å². The van der Waals surface area contributed by atoms with Gasteiger partial charge in [0.1, 0.15) is 0 Å². The van der Waals surface area contributed by atoms with Gasteiger partial charge >= 0.3 is 0 Å². The van der Waals surface area contributed by atoms with Gasteiger partial charge in [-0.2, -0.15) is 0 Å². The molecule has 0 amide bonds. The minimum atomic E-state index is -3.52. The van der Waals surface area contributed by atoms with Gasteiger partial charge in [-0.25, -0.2) is 17.2 Å². The minimum absolute atomic E-state index is 0.00626. The van der Waals surface area contributed by atoms with Crippen molar-refractivity contribution in [2.24, 2.45) is 0 Å². The van der Waals surface area contributed by atoms with Crippen LogP contribution in [0.5, 0.6) is 0 Å². The quantitative estimate of drug-likeness (QED) is 0.796. The Balaban J connectivity index is 2.20. The van der Waals surface area contributed by atoms with Gasteiger partial charge in [0, 0.05) is 5.54 Å². The maximum atomic E-state index is 13.9. The van der Waals surface area contributed by atoms with Crippen molar-refractivity contribution in [2.75, 3.05) is 5.75 Å². The van der Waals surface area contributed by atoms with Gasteiger partial charge < -0.3 is 0 Å². The Kier molecular flexibility index (Phi) is 5.68. The number of rotatable bonds is 5. The van der Waals surface area contributed by atoms with Crippen LogP contribution in [-0.2, 0) is 9.84 Å². The lowest BCUT2D eigenvalue weighted by Gasteiger charge is -2.36. The number of halogens is 2. The largest absolute Gasteiger partial charge is 0.300 e. The molecule has 0 radical (unpaired) electrons. The molecule has 1 N–H and O–H groups in total. The van der Waals surface area contributed by atoms with Gasteiger partial charge in [-0.05, 0) is 42.2 Å². The second-order valence-corrected chi connectivity index (χ2v) is 9.24. The molecule has 146 valence electrons. The number of nitrogens with one attached hydrogen (secondary N) is 1. The van der Waals surface area contributed by atoms with E-state index < -0.39 is 33.1 Å². The van der Waals surface area contributed by atoms with Crippen LogP contribution in [0.4, 0.5) is 8.78 Å². The zero-order valence-corrected chi connectivity index (χ0v) is 16.5. The van der Waals surface area contributed by atoms with Crippen LogP contribution in [-0.4, -0.2) is 19.7 Å². The Morgan fingerprint density at radius 1 is 1.11 bits per heavy atom. The summed E-state index contributed by atoms with van der Waals surface area (Å²) >= 11 is 0. The Morgan fingerprint density at radius 2 is 1.85 bits per heavy atom. The molecule has 2 atom stereocenters. The van der Waals surface area contributed by atoms with Crippen molar-refractivity contribution >= 4 is 9.84 Å². The molecule has 3 nitrogen and oxygen atoms in total. The SMILES string of the molecule is CCCCC1(CC)CS(=O)(=O)c2ccccc2C(c2ccc(F)c(F)c2)N1. The summed E-state index contributed by atoms with van der Waals surface area (Å²) in [5.74, 6) is -1.86. The van der Waals surface area contributed by atoms with Gasteiger partial charge in [0.15, 0.2) is 21.5 Å². The van der Waals surface area contributed by atoms with Crippen LogP contribution in [0.2, 0.25) is 0 Å². The van der Waals surface area contributed by atoms with Crippen molar-refractivity contribution in [2.45, 2.75) is 56.0 Å². The fourth-order valence-corrected chi connectivity index (χ4v) is 6.01. The second kappa shape index (κ2) is 7.68. The molecule has 0 bridgehead atoms. The van der Waals surface area contributed by atoms with E-state index in [1.165, 1.54) is 6.07 Å². The molecule has 1 aliphatic rings. The second-order valence-electron chi connectivity index (χ2n) is 7.29. The summed E-state index contributed by atoms with van der Waals surface area (Å²) < 4.78 is 53.7. The van der Waals surface area contributed by atoms with E-state index in [1.807, 2.05) is 6.92 Å². The number of sulfone groups is 1. The number of fused-ring (bicyclic) bond motifs is 1. The average Bonchev–Trinajstić information content (AvgIpc) is 2.75. The third kappa shape index (κ3) is 3.92. The molecule has 0 aliphatic carbocycles. The lowest BCUT2D eigenvalue weighted by atomic mass is 9.88. The fraction of sp³-hybridized carbons (Fsp3) is 0.429. The van der Waals surface area contributed by atoms with Gasteiger partial charge in [-0.1, -0.05) is 51.0 Å². The smallest absolute Gasteiger partial charge is 0.180 e. The van der Waals surface area contributed by atoms with Crippen molar-refractivity contribution < 1.29 is 17.2 Å². The first kappa shape index (κ1) is 20.0. The lowest BCUT2D eigenvalue weighted by Crippen LogP contribution is -2.50. The van der Waals surface area contributed by atoms with Crippen LogP contribution < -0.4 is 5.32 Å². The highest BCUT2D eigenvalue weighted by Gasteiger charge is 2.41. The maximum Gasteiger partial charge on any atom is 0.180 e. The Morgan fingerprint density at radius 3 is 2.52 bits per heavy atom. The first-order valence-electron chi connectivity index (χ1n) is 9.36. The van der Waals surface area contributed by atoms with Crippen LogP contribution in [0.1, 0.15) is 56.7 Å². The summed E-state index contributed by atoms with van der Waals surface area (Å²) in [6.07, 6.45) is 3.16. The minimum Gasteiger partial charge on any atom is -0.300 e. The fourth-order valence-electron chi connectivity index (χ4n) is 3.86. The molecule has 2 unspecified atom stereocenters. The highest BCUT2D eigenvalue weighted by atomic mass is 32.2. The van der Waals surface area contributed by atoms with E-state index in [0.717, 1.165) is 25.0 Å². The third-order valence-electron chi connectivity index (χ3n) is 5.44. The molecule has 1 aliphatic heterocycles. The summed E-state index contributed by atoms with van der Waals surface area (Å²) in [7, 11) is -3.52. The monoisotopic (exact) mass is 393 g/mol. The van der Waals surface area contributed by atoms with Gasteiger partial charge in [-0.15, -0.1) is 0 Å². The molecule has 2 aromatic rings. The normalized spacial score (nSPS) is 24.2. The molecule has 27 heavy (non-hydrogen) atoms. The van der Waals surface area contributed by atoms with E-state index >= 15 is 0 Å². The van der Waals surface area contributed by atoms with Crippen molar-refractivity contribution in [1.82, 2.24) is 5.32 Å². The molecule has 6 heteroatoms. The van der Waals surface area contributed by atoms with E-state index in [1.54, 1.807) is 24.3 Å². The Labute approximate surface area is 159 Å². The summed E-state index contributed by atoms with van der Waals surface area (Å²) in [5, 5.41) is 3.52. The molecule has 0 aromatic heterocycles. The Bertz CT molecular complexity index is 930. The lowest BCUT2D eigenvalue weighted by molar-refractivity contribution is 0.294. The van der Waals surface area contributed by atoms with Crippen molar-refractivity contribution in [3.63, 3.8) is 0 Å². The van der Waals surface area contributed by atoms with E-state index in [2.05, 4.69) is 12.2 Å². The standard InChI is InChI=1S/C21H25F2NO2S/c1-3-5-12-21(4-2)14-27(25,26)19-9-7-6-8-16(19)20(24-21)15-10-11-17(22)18(23)13-15/h6-11,13,20,24H,3-5,12,14H2,1-2H3. The number of hydrogen-bond donors (Lipinski definition) is 1. The Hall–Kier alpha value is -1.79. The van der Waals surface area contributed by atoms with Gasteiger partial charge in [-0.3, -0.25) is 5.32 Å². The van der Waals surface area contributed by atoms with Gasteiger partial charge in [0.25, 0.3) is 0 Å².